The van der Waals surface area contributed by atoms with Gasteiger partial charge in [0.25, 0.3) is 0 Å². The second-order valence-corrected chi connectivity index (χ2v) is 18.3. The highest BCUT2D eigenvalue weighted by Crippen LogP contribution is 2.21. The van der Waals surface area contributed by atoms with Crippen LogP contribution in [0.4, 0.5) is 0 Å². The van der Waals surface area contributed by atoms with Crippen molar-refractivity contribution in [2.45, 2.75) is 153 Å². The van der Waals surface area contributed by atoms with E-state index < -0.39 is 139 Å². The molecular weight excluding hydrogens is 937 g/mol. The van der Waals surface area contributed by atoms with Crippen LogP contribution >= 0.6 is 0 Å². The van der Waals surface area contributed by atoms with E-state index in [1.807, 2.05) is 0 Å². The first-order valence-corrected chi connectivity index (χ1v) is 23.6. The average Bonchev–Trinajstić information content (AvgIpc) is 4.02. The van der Waals surface area contributed by atoms with Crippen molar-refractivity contribution in [3.8, 4) is 0 Å². The Morgan fingerprint density at radius 1 is 0.634 bits per heavy atom. The Labute approximate surface area is 411 Å². The average molecular weight is 1010 g/mol. The molecule has 0 aromatic rings. The van der Waals surface area contributed by atoms with Gasteiger partial charge in [0, 0.05) is 13.1 Å². The van der Waals surface area contributed by atoms with Crippen molar-refractivity contribution in [3.05, 3.63) is 0 Å². The normalized spacial score (nSPS) is 18.8. The van der Waals surface area contributed by atoms with Gasteiger partial charge in [0.2, 0.25) is 59.1 Å². The Hall–Kier alpha value is -6.68. The quantitative estimate of drug-likeness (QED) is 0.0188. The van der Waals surface area contributed by atoms with Crippen molar-refractivity contribution in [1.29, 1.82) is 0 Å². The molecule has 0 radical (unpaired) electrons. The van der Waals surface area contributed by atoms with Gasteiger partial charge >= 0.3 is 5.97 Å². The lowest BCUT2D eigenvalue weighted by atomic mass is 10.0. The molecule has 2 heterocycles. The zero-order valence-electron chi connectivity index (χ0n) is 41.1. The highest BCUT2D eigenvalue weighted by molar-refractivity contribution is 5.98. The summed E-state index contributed by atoms with van der Waals surface area (Å²) in [4.78, 5) is 148. The van der Waals surface area contributed by atoms with Gasteiger partial charge in [-0.05, 0) is 77.2 Å². The number of nitrogens with one attached hydrogen (secondary N) is 9. The monoisotopic (exact) mass is 1010 g/mol. The summed E-state index contributed by atoms with van der Waals surface area (Å²) in [6, 6.07) is -12.9. The molecule has 2 fully saturated rings. The minimum absolute atomic E-state index is 0.00440. The van der Waals surface area contributed by atoms with E-state index in [0.717, 1.165) is 6.42 Å². The molecule has 28 heteroatoms. The molecular formula is C43H74N14O14. The summed E-state index contributed by atoms with van der Waals surface area (Å²) in [7, 11) is 0. The van der Waals surface area contributed by atoms with Crippen molar-refractivity contribution in [2.24, 2.45) is 34.0 Å². The van der Waals surface area contributed by atoms with E-state index in [-0.39, 0.29) is 49.6 Å². The number of primary amides is 1. The molecule has 0 unspecified atom stereocenters. The SMILES string of the molecule is CC(C)C[C@H](NC(=O)[C@H](CO)NC(=O)[C@H](CO)NC(=O)[C@H](C)NC(=O)[C@H](C)NC(=O)[C@@H](NC(=O)[C@@H]1CCCN1C(=O)[C@@H]1CCCN1)C(C)C)C(=O)N[C@@H](CCCN=C(N)N)C(=O)N[C@@H](CC(N)=O)C(=O)O. The number of hydrogen-bond donors (Lipinski definition) is 15. The molecule has 0 spiro atoms. The van der Waals surface area contributed by atoms with Gasteiger partial charge in [0.1, 0.15) is 54.4 Å². The zero-order valence-corrected chi connectivity index (χ0v) is 41.1. The second kappa shape index (κ2) is 29.5. The van der Waals surface area contributed by atoms with Gasteiger partial charge in [0.05, 0.1) is 25.7 Å². The zero-order chi connectivity index (χ0) is 53.7. The number of aliphatic carboxylic acids is 1. The summed E-state index contributed by atoms with van der Waals surface area (Å²) >= 11 is 0. The van der Waals surface area contributed by atoms with Crippen LogP contribution in [0.15, 0.2) is 4.99 Å². The first-order chi connectivity index (χ1) is 33.3. The lowest BCUT2D eigenvalue weighted by molar-refractivity contribution is -0.144. The Morgan fingerprint density at radius 3 is 1.65 bits per heavy atom. The lowest BCUT2D eigenvalue weighted by Crippen LogP contribution is -2.61. The number of aliphatic imine (C=N–C) groups is 1. The molecule has 0 bridgehead atoms. The standard InChI is InChI=1S/C43H74N14O14/c1-20(2)16-26(36(64)51-24(10-7-14-48-43(45)46)35(63)53-27(42(70)71)17-31(44)60)52-37(65)29(19-59)55-38(66)28(18-58)54-34(62)23(6)49-33(61)22(5)50-40(68)32(21(3)4)56-39(67)30-12-9-15-57(30)41(69)25-11-8-13-47-25/h20-30,32,47,58-59H,7-19H2,1-6H3,(H2,44,60)(H,49,61)(H,50,68)(H,51,64)(H,52,65)(H,53,63)(H,54,62)(H,55,66)(H,56,67)(H,70,71)(H4,45,46,48)/t22-,23-,24-,25-,26-,27-,28-,29-,30-,32-/m0/s1. The van der Waals surface area contributed by atoms with Crippen LogP contribution in [0.5, 0.6) is 0 Å². The molecule has 400 valence electrons. The van der Waals surface area contributed by atoms with Crippen LogP contribution in [-0.2, 0) is 52.7 Å². The molecule has 10 amide bonds. The predicted octanol–water partition coefficient (Wildman–Crippen LogP) is -6.65. The number of hydrogen-bond acceptors (Lipinski definition) is 15. The Bertz CT molecular complexity index is 1940. The summed E-state index contributed by atoms with van der Waals surface area (Å²) in [6.45, 7) is 8.40. The molecule has 0 saturated carbocycles. The summed E-state index contributed by atoms with van der Waals surface area (Å²) < 4.78 is 0. The number of likely N-dealkylation sites (tertiary alicyclic amines) is 1. The highest BCUT2D eigenvalue weighted by atomic mass is 16.4. The molecule has 10 atom stereocenters. The molecule has 0 aromatic heterocycles. The number of guanidine groups is 1. The van der Waals surface area contributed by atoms with Crippen LogP contribution in [-0.4, -0.2) is 184 Å². The van der Waals surface area contributed by atoms with E-state index in [9.17, 15) is 68.1 Å². The molecule has 2 rings (SSSR count). The maximum Gasteiger partial charge on any atom is 0.326 e. The molecule has 2 aliphatic heterocycles. The van der Waals surface area contributed by atoms with Crippen LogP contribution < -0.4 is 65.1 Å². The van der Waals surface area contributed by atoms with Crippen molar-refractivity contribution in [1.82, 2.24) is 52.8 Å². The molecule has 71 heavy (non-hydrogen) atoms. The minimum atomic E-state index is -1.77. The molecule has 0 aromatic carbocycles. The number of nitrogens with two attached hydrogens (primary N) is 3. The van der Waals surface area contributed by atoms with Gasteiger partial charge in [-0.25, -0.2) is 4.79 Å². The number of rotatable bonds is 29. The van der Waals surface area contributed by atoms with Crippen molar-refractivity contribution >= 4 is 71.0 Å². The topological polar surface area (TPSA) is 450 Å². The van der Waals surface area contributed by atoms with Crippen LogP contribution in [0.3, 0.4) is 0 Å². The summed E-state index contributed by atoms with van der Waals surface area (Å²) in [5.74, 6) is -11.0. The number of carbonyl (C=O) groups is 11. The van der Waals surface area contributed by atoms with Gasteiger partial charge in [-0.1, -0.05) is 27.7 Å². The highest BCUT2D eigenvalue weighted by Gasteiger charge is 2.40. The van der Waals surface area contributed by atoms with E-state index in [0.29, 0.717) is 32.4 Å². The van der Waals surface area contributed by atoms with Gasteiger partial charge < -0.3 is 85.3 Å². The molecule has 2 saturated heterocycles. The van der Waals surface area contributed by atoms with E-state index in [2.05, 4.69) is 52.8 Å². The third kappa shape index (κ3) is 19.9. The Balaban J connectivity index is 2.06. The summed E-state index contributed by atoms with van der Waals surface area (Å²) in [6.07, 6.45) is 1.68. The minimum Gasteiger partial charge on any atom is -0.480 e. The predicted molar refractivity (Wildman–Crippen MR) is 252 cm³/mol. The van der Waals surface area contributed by atoms with Gasteiger partial charge in [-0.2, -0.15) is 0 Å². The number of aliphatic hydroxyl groups excluding tert-OH is 2. The molecule has 2 aliphatic rings. The van der Waals surface area contributed by atoms with E-state index in [1.54, 1.807) is 27.7 Å². The second-order valence-electron chi connectivity index (χ2n) is 18.3. The van der Waals surface area contributed by atoms with Crippen molar-refractivity contribution in [2.75, 3.05) is 32.8 Å². The number of nitrogens with zero attached hydrogens (tertiary/aromatic N) is 2. The number of carboxylic acids is 1. The number of carbonyl (C=O) groups excluding carboxylic acids is 10. The maximum absolute atomic E-state index is 13.6. The fourth-order valence-electron chi connectivity index (χ4n) is 7.61. The smallest absolute Gasteiger partial charge is 0.326 e. The molecule has 28 nitrogen and oxygen atoms in total. The van der Waals surface area contributed by atoms with Crippen molar-refractivity contribution < 1.29 is 68.1 Å². The first-order valence-electron chi connectivity index (χ1n) is 23.6. The van der Waals surface area contributed by atoms with Gasteiger partial charge in [-0.3, -0.25) is 52.9 Å². The lowest BCUT2D eigenvalue weighted by Gasteiger charge is -2.29. The van der Waals surface area contributed by atoms with Gasteiger partial charge in [-0.15, -0.1) is 0 Å². The van der Waals surface area contributed by atoms with E-state index in [4.69, 9.17) is 17.2 Å². The number of carboxylic acid groups (broad SMARTS) is 1. The maximum atomic E-state index is 13.6. The fourth-order valence-corrected chi connectivity index (χ4v) is 7.61. The van der Waals surface area contributed by atoms with Crippen LogP contribution in [0.2, 0.25) is 0 Å². The third-order valence-electron chi connectivity index (χ3n) is 11.5. The summed E-state index contributed by atoms with van der Waals surface area (Å²) in [5, 5.41) is 51.8. The summed E-state index contributed by atoms with van der Waals surface area (Å²) in [5.41, 5.74) is 15.8. The molecule has 0 aliphatic carbocycles. The Morgan fingerprint density at radius 2 is 1.14 bits per heavy atom. The van der Waals surface area contributed by atoms with Crippen LogP contribution in [0, 0.1) is 11.8 Å². The van der Waals surface area contributed by atoms with Crippen LogP contribution in [0.1, 0.15) is 92.9 Å². The third-order valence-corrected chi connectivity index (χ3v) is 11.5. The molecule has 18 N–H and O–H groups in total. The van der Waals surface area contributed by atoms with E-state index >= 15 is 0 Å². The first kappa shape index (κ1) is 60.4. The van der Waals surface area contributed by atoms with Crippen LogP contribution in [0.25, 0.3) is 0 Å². The Kier molecular flexibility index (Phi) is 25.1. The number of amides is 10. The van der Waals surface area contributed by atoms with E-state index in [1.165, 1.54) is 18.7 Å². The van der Waals surface area contributed by atoms with Crippen molar-refractivity contribution in [3.63, 3.8) is 0 Å². The fraction of sp³-hybridized carbons (Fsp3) is 0.721. The largest absolute Gasteiger partial charge is 0.480 e. The van der Waals surface area contributed by atoms with Gasteiger partial charge in [0.15, 0.2) is 5.96 Å². The number of aliphatic hydroxyl groups is 2.